The summed E-state index contributed by atoms with van der Waals surface area (Å²) in [5.41, 5.74) is 0.0558. The molecule has 3 nitrogen and oxygen atoms in total. The van der Waals surface area contributed by atoms with E-state index in [1.165, 1.54) is 0 Å². The Bertz CT molecular complexity index is 339. The molecule has 0 spiro atoms. The third kappa shape index (κ3) is 2.12. The molecule has 1 aliphatic heterocycles. The Morgan fingerprint density at radius 1 is 1.40 bits per heavy atom. The Morgan fingerprint density at radius 3 is 2.53 bits per heavy atom. The molecule has 1 aliphatic rings. The molecule has 1 saturated heterocycles. The lowest BCUT2D eigenvalue weighted by molar-refractivity contribution is 0.306. The van der Waals surface area contributed by atoms with E-state index in [9.17, 15) is 4.39 Å². The Hall–Kier alpha value is -0.710. The van der Waals surface area contributed by atoms with Gasteiger partial charge in [0.2, 0.25) is 5.13 Å². The first-order valence-corrected chi connectivity index (χ1v) is 5.97. The van der Waals surface area contributed by atoms with E-state index in [2.05, 4.69) is 35.9 Å². The van der Waals surface area contributed by atoms with E-state index >= 15 is 0 Å². The molecule has 0 saturated carbocycles. The minimum absolute atomic E-state index is 0.0558. The second-order valence-electron chi connectivity index (χ2n) is 5.07. The minimum Gasteiger partial charge on any atom is -0.346 e. The number of nitrogens with zero attached hydrogens (tertiary/aromatic N) is 3. The zero-order valence-electron chi connectivity index (χ0n) is 9.33. The van der Waals surface area contributed by atoms with Crippen LogP contribution in [0, 0.1) is 5.92 Å². The molecule has 1 aromatic heterocycles. The quantitative estimate of drug-likeness (QED) is 0.779. The van der Waals surface area contributed by atoms with E-state index in [1.54, 1.807) is 11.3 Å². The van der Waals surface area contributed by atoms with Gasteiger partial charge in [-0.15, -0.1) is 10.2 Å². The first-order valence-electron chi connectivity index (χ1n) is 5.15. The molecule has 5 heteroatoms. The van der Waals surface area contributed by atoms with Crippen LogP contribution in [0.4, 0.5) is 9.52 Å². The summed E-state index contributed by atoms with van der Waals surface area (Å²) in [5.74, 6) is 0.201. The number of hydrogen-bond acceptors (Lipinski definition) is 4. The fourth-order valence-electron chi connectivity index (χ4n) is 1.47. The van der Waals surface area contributed by atoms with Crippen molar-refractivity contribution in [1.29, 1.82) is 0 Å². The van der Waals surface area contributed by atoms with Gasteiger partial charge < -0.3 is 4.90 Å². The summed E-state index contributed by atoms with van der Waals surface area (Å²) in [6.07, 6.45) is 0. The summed E-state index contributed by atoms with van der Waals surface area (Å²) in [6.45, 7) is 7.72. The van der Waals surface area contributed by atoms with Gasteiger partial charge in [-0.1, -0.05) is 32.1 Å². The highest BCUT2D eigenvalue weighted by atomic mass is 32.1. The molecule has 2 rings (SSSR count). The monoisotopic (exact) mass is 229 g/mol. The maximum absolute atomic E-state index is 12.3. The summed E-state index contributed by atoms with van der Waals surface area (Å²) < 4.78 is 12.3. The minimum atomic E-state index is -0.221. The molecule has 2 heterocycles. The van der Waals surface area contributed by atoms with E-state index in [0.717, 1.165) is 23.2 Å². The van der Waals surface area contributed by atoms with Crippen LogP contribution in [-0.2, 0) is 5.41 Å². The van der Waals surface area contributed by atoms with Crippen molar-refractivity contribution in [3.8, 4) is 0 Å². The van der Waals surface area contributed by atoms with E-state index in [4.69, 9.17) is 0 Å². The van der Waals surface area contributed by atoms with Gasteiger partial charge in [0.1, 0.15) is 5.01 Å². The number of alkyl halides is 1. The van der Waals surface area contributed by atoms with Crippen molar-refractivity contribution in [2.45, 2.75) is 26.2 Å². The van der Waals surface area contributed by atoms with Crippen LogP contribution in [0.3, 0.4) is 0 Å². The number of aromatic nitrogens is 2. The molecule has 0 atom stereocenters. The highest BCUT2D eigenvalue weighted by Crippen LogP contribution is 2.32. The fourth-order valence-corrected chi connectivity index (χ4v) is 2.39. The van der Waals surface area contributed by atoms with Gasteiger partial charge in [0.25, 0.3) is 0 Å². The van der Waals surface area contributed by atoms with Gasteiger partial charge in [-0.3, -0.25) is 4.39 Å². The van der Waals surface area contributed by atoms with Crippen molar-refractivity contribution in [3.63, 3.8) is 0 Å². The summed E-state index contributed by atoms with van der Waals surface area (Å²) in [4.78, 5) is 2.09. The summed E-state index contributed by atoms with van der Waals surface area (Å²) >= 11 is 1.62. The van der Waals surface area contributed by atoms with Gasteiger partial charge >= 0.3 is 0 Å². The van der Waals surface area contributed by atoms with Gasteiger partial charge in [0.05, 0.1) is 6.67 Å². The van der Waals surface area contributed by atoms with Gasteiger partial charge in [0.15, 0.2) is 0 Å². The van der Waals surface area contributed by atoms with Crippen LogP contribution in [0.25, 0.3) is 0 Å². The second-order valence-corrected chi connectivity index (χ2v) is 6.02. The predicted octanol–water partition coefficient (Wildman–Crippen LogP) is 2.24. The van der Waals surface area contributed by atoms with E-state index in [1.807, 2.05) is 0 Å². The molecule has 0 aromatic carbocycles. The standard InChI is InChI=1S/C10H16FN3S/c1-10(2,3)8-12-13-9(15-8)14-5-7(4-11)6-14/h7H,4-6H2,1-3H3. The van der Waals surface area contributed by atoms with Crippen molar-refractivity contribution in [2.24, 2.45) is 5.92 Å². The highest BCUT2D eigenvalue weighted by molar-refractivity contribution is 7.15. The maximum Gasteiger partial charge on any atom is 0.208 e. The van der Waals surface area contributed by atoms with Gasteiger partial charge in [-0.25, -0.2) is 0 Å². The first kappa shape index (κ1) is 10.8. The topological polar surface area (TPSA) is 29.0 Å². The molecule has 15 heavy (non-hydrogen) atoms. The Morgan fingerprint density at radius 2 is 2.07 bits per heavy atom. The molecule has 0 bridgehead atoms. The lowest BCUT2D eigenvalue weighted by Crippen LogP contribution is -2.47. The molecule has 0 aliphatic carbocycles. The summed E-state index contributed by atoms with van der Waals surface area (Å²) in [7, 11) is 0. The fraction of sp³-hybridized carbons (Fsp3) is 0.800. The zero-order chi connectivity index (χ0) is 11.1. The first-order chi connectivity index (χ1) is 7.00. The molecule has 0 N–H and O–H groups in total. The number of rotatable bonds is 2. The van der Waals surface area contributed by atoms with Crippen molar-refractivity contribution >= 4 is 16.5 Å². The van der Waals surface area contributed by atoms with Crippen molar-refractivity contribution in [3.05, 3.63) is 5.01 Å². The van der Waals surface area contributed by atoms with Crippen molar-refractivity contribution in [1.82, 2.24) is 10.2 Å². The lowest BCUT2D eigenvalue weighted by Gasteiger charge is -2.37. The Balaban J connectivity index is 2.03. The average molecular weight is 229 g/mol. The van der Waals surface area contributed by atoms with Gasteiger partial charge in [-0.2, -0.15) is 0 Å². The SMILES string of the molecule is CC(C)(C)c1nnc(N2CC(CF)C2)s1. The maximum atomic E-state index is 12.3. The molecule has 0 unspecified atom stereocenters. The molecule has 1 aromatic rings. The highest BCUT2D eigenvalue weighted by Gasteiger charge is 2.30. The molecular formula is C10H16FN3S. The predicted molar refractivity (Wildman–Crippen MR) is 60.3 cm³/mol. The average Bonchev–Trinajstić information content (AvgIpc) is 2.50. The number of anilines is 1. The van der Waals surface area contributed by atoms with E-state index in [-0.39, 0.29) is 18.0 Å². The van der Waals surface area contributed by atoms with E-state index < -0.39 is 0 Å². The molecule has 0 radical (unpaired) electrons. The Labute approximate surface area is 93.3 Å². The number of hydrogen-bond donors (Lipinski definition) is 0. The normalized spacial score (nSPS) is 18.0. The van der Waals surface area contributed by atoms with Gasteiger partial charge in [0, 0.05) is 24.4 Å². The summed E-state index contributed by atoms with van der Waals surface area (Å²) in [5, 5.41) is 10.3. The molecule has 0 amide bonds. The van der Waals surface area contributed by atoms with Gasteiger partial charge in [-0.05, 0) is 0 Å². The summed E-state index contributed by atoms with van der Waals surface area (Å²) in [6, 6.07) is 0. The van der Waals surface area contributed by atoms with Crippen LogP contribution < -0.4 is 4.90 Å². The Kier molecular flexibility index (Phi) is 2.66. The largest absolute Gasteiger partial charge is 0.346 e. The smallest absolute Gasteiger partial charge is 0.208 e. The van der Waals surface area contributed by atoms with Crippen molar-refractivity contribution in [2.75, 3.05) is 24.7 Å². The van der Waals surface area contributed by atoms with E-state index in [0.29, 0.717) is 0 Å². The van der Waals surface area contributed by atoms with Crippen LogP contribution in [0.15, 0.2) is 0 Å². The molecular weight excluding hydrogens is 213 g/mol. The number of halogens is 1. The second kappa shape index (κ2) is 3.70. The molecule has 1 fully saturated rings. The van der Waals surface area contributed by atoms with Crippen LogP contribution in [0.2, 0.25) is 0 Å². The van der Waals surface area contributed by atoms with Crippen LogP contribution in [-0.4, -0.2) is 30.0 Å². The third-order valence-corrected chi connectivity index (χ3v) is 3.91. The zero-order valence-corrected chi connectivity index (χ0v) is 10.1. The molecule has 84 valence electrons. The van der Waals surface area contributed by atoms with Crippen LogP contribution in [0.5, 0.6) is 0 Å². The lowest BCUT2D eigenvalue weighted by atomic mass is 9.98. The third-order valence-electron chi connectivity index (χ3n) is 2.50. The van der Waals surface area contributed by atoms with Crippen LogP contribution >= 0.6 is 11.3 Å². The van der Waals surface area contributed by atoms with Crippen LogP contribution in [0.1, 0.15) is 25.8 Å². The van der Waals surface area contributed by atoms with Crippen molar-refractivity contribution < 1.29 is 4.39 Å².